The van der Waals surface area contributed by atoms with Crippen molar-refractivity contribution in [3.05, 3.63) is 41.3 Å². The summed E-state index contributed by atoms with van der Waals surface area (Å²) in [6.07, 6.45) is 3.97. The number of aryl methyl sites for hydroxylation is 1. The van der Waals surface area contributed by atoms with Gasteiger partial charge in [-0.25, -0.2) is 0 Å². The molecule has 1 N–H and O–H groups in total. The first-order chi connectivity index (χ1) is 11.3. The van der Waals surface area contributed by atoms with E-state index in [9.17, 15) is 0 Å². The third kappa shape index (κ3) is 2.89. The quantitative estimate of drug-likeness (QED) is 0.786. The molecule has 1 aromatic carbocycles. The van der Waals surface area contributed by atoms with Crippen molar-refractivity contribution < 1.29 is 4.52 Å². The van der Waals surface area contributed by atoms with Gasteiger partial charge < -0.3 is 9.84 Å². The van der Waals surface area contributed by atoms with Gasteiger partial charge in [-0.2, -0.15) is 4.98 Å². The van der Waals surface area contributed by atoms with E-state index in [0.717, 1.165) is 48.0 Å². The van der Waals surface area contributed by atoms with Crippen molar-refractivity contribution in [2.75, 3.05) is 7.05 Å². The smallest absolute Gasteiger partial charge is 0.258 e. The Labute approximate surface area is 147 Å². The van der Waals surface area contributed by atoms with E-state index in [4.69, 9.17) is 9.51 Å². The van der Waals surface area contributed by atoms with Crippen LogP contribution in [-0.2, 0) is 19.3 Å². The minimum atomic E-state index is 0. The summed E-state index contributed by atoms with van der Waals surface area (Å²) in [5.74, 6) is 1.37. The predicted molar refractivity (Wildman–Crippen MR) is 96.5 cm³/mol. The fourth-order valence-corrected chi connectivity index (χ4v) is 3.27. The summed E-state index contributed by atoms with van der Waals surface area (Å²) >= 11 is 0. The highest BCUT2D eigenvalue weighted by atomic mass is 35.5. The van der Waals surface area contributed by atoms with E-state index < -0.39 is 0 Å². The molecule has 0 aliphatic heterocycles. The van der Waals surface area contributed by atoms with Gasteiger partial charge in [0, 0.05) is 23.5 Å². The van der Waals surface area contributed by atoms with Crippen molar-refractivity contribution in [3.8, 4) is 11.5 Å². The lowest BCUT2D eigenvalue weighted by Gasteiger charge is -2.09. The zero-order valence-corrected chi connectivity index (χ0v) is 14.7. The zero-order chi connectivity index (χ0) is 15.8. The Bertz CT molecular complexity index is 861. The van der Waals surface area contributed by atoms with Gasteiger partial charge in [-0.3, -0.25) is 4.98 Å². The maximum atomic E-state index is 5.61. The molecule has 0 saturated carbocycles. The molecule has 0 spiro atoms. The molecule has 3 aromatic rings. The highest BCUT2D eigenvalue weighted by Crippen LogP contribution is 2.36. The minimum Gasteiger partial charge on any atom is -0.334 e. The lowest BCUT2D eigenvalue weighted by atomic mass is 10.0. The van der Waals surface area contributed by atoms with E-state index in [1.54, 1.807) is 0 Å². The van der Waals surface area contributed by atoms with Crippen molar-refractivity contribution in [2.45, 2.75) is 38.6 Å². The number of hydrogen-bond donors (Lipinski definition) is 1. The largest absolute Gasteiger partial charge is 0.334 e. The molecule has 5 nitrogen and oxygen atoms in total. The highest BCUT2D eigenvalue weighted by Gasteiger charge is 2.24. The van der Waals surface area contributed by atoms with Crippen molar-refractivity contribution in [3.63, 3.8) is 0 Å². The molecule has 0 amide bonds. The summed E-state index contributed by atoms with van der Waals surface area (Å²) in [7, 11) is 1.94. The average Bonchev–Trinajstić information content (AvgIpc) is 3.21. The Kier molecular flexibility index (Phi) is 4.83. The van der Waals surface area contributed by atoms with Gasteiger partial charge in [0.25, 0.3) is 5.89 Å². The molecule has 0 saturated heterocycles. The first kappa shape index (κ1) is 16.9. The molecule has 2 aromatic heterocycles. The van der Waals surface area contributed by atoms with Crippen LogP contribution in [-0.4, -0.2) is 28.2 Å². The van der Waals surface area contributed by atoms with Crippen LogP contribution in [0.3, 0.4) is 0 Å². The summed E-state index contributed by atoms with van der Waals surface area (Å²) in [6, 6.07) is 8.53. The van der Waals surface area contributed by atoms with Crippen molar-refractivity contribution in [1.82, 2.24) is 20.4 Å². The van der Waals surface area contributed by atoms with E-state index in [-0.39, 0.29) is 12.4 Å². The standard InChI is InChI=1S/C18H20N4O.ClH/c1-11(19-2)10-16-21-18(23-22-16)17-12-6-3-4-8-14(12)20-15-9-5-7-13(15)17;/h3-4,6,8,11,19H,5,7,9-10H2,1-2H3;1H. The molecule has 24 heavy (non-hydrogen) atoms. The highest BCUT2D eigenvalue weighted by molar-refractivity contribution is 5.94. The second-order valence-electron chi connectivity index (χ2n) is 6.19. The number of hydrogen-bond acceptors (Lipinski definition) is 5. The monoisotopic (exact) mass is 344 g/mol. The van der Waals surface area contributed by atoms with Gasteiger partial charge in [0.15, 0.2) is 5.82 Å². The normalized spacial score (nSPS) is 14.4. The summed E-state index contributed by atoms with van der Waals surface area (Å²) < 4.78 is 5.61. The fourth-order valence-electron chi connectivity index (χ4n) is 3.27. The number of nitrogens with zero attached hydrogens (tertiary/aromatic N) is 3. The molecule has 1 aliphatic rings. The average molecular weight is 345 g/mol. The van der Waals surface area contributed by atoms with Crippen LogP contribution < -0.4 is 5.32 Å². The molecular formula is C18H21ClN4O. The van der Waals surface area contributed by atoms with Gasteiger partial charge in [0.1, 0.15) is 0 Å². The zero-order valence-electron chi connectivity index (χ0n) is 13.9. The SMILES string of the molecule is CNC(C)Cc1noc(-c2c3c(nc4ccccc24)CCC3)n1.Cl. The van der Waals surface area contributed by atoms with E-state index in [2.05, 4.69) is 34.5 Å². The van der Waals surface area contributed by atoms with E-state index >= 15 is 0 Å². The lowest BCUT2D eigenvalue weighted by molar-refractivity contribution is 0.418. The molecule has 126 valence electrons. The summed E-state index contributed by atoms with van der Waals surface area (Å²) in [5.41, 5.74) is 4.55. The van der Waals surface area contributed by atoms with Gasteiger partial charge in [-0.1, -0.05) is 23.4 Å². The molecule has 0 radical (unpaired) electrons. The number of pyridine rings is 1. The Balaban J connectivity index is 0.00000169. The van der Waals surface area contributed by atoms with Crippen LogP contribution in [0.5, 0.6) is 0 Å². The lowest BCUT2D eigenvalue weighted by Crippen LogP contribution is -2.24. The van der Waals surface area contributed by atoms with Gasteiger partial charge in [-0.15, -0.1) is 12.4 Å². The van der Waals surface area contributed by atoms with Crippen LogP contribution >= 0.6 is 12.4 Å². The predicted octanol–water partition coefficient (Wildman–Crippen LogP) is 3.35. The van der Waals surface area contributed by atoms with E-state index in [1.807, 2.05) is 19.2 Å². The van der Waals surface area contributed by atoms with Crippen molar-refractivity contribution >= 4 is 23.3 Å². The van der Waals surface area contributed by atoms with E-state index in [0.29, 0.717) is 11.9 Å². The third-order valence-corrected chi connectivity index (χ3v) is 4.58. The Morgan fingerprint density at radius 2 is 2.04 bits per heavy atom. The number of halogens is 1. The number of aromatic nitrogens is 3. The van der Waals surface area contributed by atoms with Crippen molar-refractivity contribution in [1.29, 1.82) is 0 Å². The molecule has 2 heterocycles. The fraction of sp³-hybridized carbons (Fsp3) is 0.389. The molecule has 1 unspecified atom stereocenters. The number of benzene rings is 1. The van der Waals surface area contributed by atoms with Crippen LogP contribution in [0.4, 0.5) is 0 Å². The maximum absolute atomic E-state index is 5.61. The Morgan fingerprint density at radius 1 is 1.21 bits per heavy atom. The Morgan fingerprint density at radius 3 is 2.88 bits per heavy atom. The van der Waals surface area contributed by atoms with E-state index in [1.165, 1.54) is 11.3 Å². The van der Waals surface area contributed by atoms with Gasteiger partial charge in [-0.05, 0) is 44.9 Å². The third-order valence-electron chi connectivity index (χ3n) is 4.58. The topological polar surface area (TPSA) is 63.8 Å². The molecule has 1 atom stereocenters. The molecule has 6 heteroatoms. The maximum Gasteiger partial charge on any atom is 0.258 e. The van der Waals surface area contributed by atoms with Crippen LogP contribution in [0.1, 0.15) is 30.4 Å². The van der Waals surface area contributed by atoms with Crippen molar-refractivity contribution in [2.24, 2.45) is 0 Å². The number of fused-ring (bicyclic) bond motifs is 2. The molecule has 0 fully saturated rings. The molecule has 1 aliphatic carbocycles. The van der Waals surface area contributed by atoms with Gasteiger partial charge >= 0.3 is 0 Å². The number of rotatable bonds is 4. The summed E-state index contributed by atoms with van der Waals surface area (Å²) in [4.78, 5) is 9.46. The number of likely N-dealkylation sites (N-methyl/N-ethyl adjacent to an activating group) is 1. The molecular weight excluding hydrogens is 324 g/mol. The number of para-hydroxylation sites is 1. The minimum absolute atomic E-state index is 0. The van der Waals surface area contributed by atoms with Gasteiger partial charge in [0.2, 0.25) is 0 Å². The van der Waals surface area contributed by atoms with Crippen LogP contribution in [0.25, 0.3) is 22.4 Å². The summed E-state index contributed by atoms with van der Waals surface area (Å²) in [5, 5.41) is 8.47. The van der Waals surface area contributed by atoms with Crippen LogP contribution in [0, 0.1) is 0 Å². The second kappa shape index (κ2) is 6.87. The first-order valence-corrected chi connectivity index (χ1v) is 8.17. The van der Waals surface area contributed by atoms with Gasteiger partial charge in [0.05, 0.1) is 11.1 Å². The molecule has 4 rings (SSSR count). The first-order valence-electron chi connectivity index (χ1n) is 8.17. The summed E-state index contributed by atoms with van der Waals surface area (Å²) in [6.45, 7) is 2.11. The number of nitrogens with one attached hydrogen (secondary N) is 1. The van der Waals surface area contributed by atoms with Crippen LogP contribution in [0.15, 0.2) is 28.8 Å². The van der Waals surface area contributed by atoms with Crippen LogP contribution in [0.2, 0.25) is 0 Å². The Hall–Kier alpha value is -1.98. The molecule has 0 bridgehead atoms. The second-order valence-corrected chi connectivity index (χ2v) is 6.19.